The molecule has 0 aliphatic carbocycles. The van der Waals surface area contributed by atoms with E-state index < -0.39 is 0 Å². The van der Waals surface area contributed by atoms with Gasteiger partial charge in [-0.05, 0) is 5.56 Å². The van der Waals surface area contributed by atoms with E-state index in [0.29, 0.717) is 36.9 Å². The Kier molecular flexibility index (Phi) is 4.76. The summed E-state index contributed by atoms with van der Waals surface area (Å²) in [5, 5.41) is 0. The van der Waals surface area contributed by atoms with Gasteiger partial charge in [-0.2, -0.15) is 15.0 Å². The lowest BCUT2D eigenvalue weighted by Gasteiger charge is -2.08. The van der Waals surface area contributed by atoms with Crippen LogP contribution in [0.5, 0.6) is 12.0 Å². The van der Waals surface area contributed by atoms with Crippen molar-refractivity contribution >= 4 is 17.0 Å². The van der Waals surface area contributed by atoms with Gasteiger partial charge in [0.15, 0.2) is 17.0 Å². The van der Waals surface area contributed by atoms with Crippen LogP contribution in [0.4, 0.5) is 5.82 Å². The molecule has 2 aromatic heterocycles. The Morgan fingerprint density at radius 1 is 1.04 bits per heavy atom. The number of nitrogens with two attached hydrogens (primary N) is 1. The summed E-state index contributed by atoms with van der Waals surface area (Å²) in [4.78, 5) is 12.9. The molecule has 126 valence electrons. The molecule has 0 aliphatic rings. The molecule has 8 nitrogen and oxygen atoms in total. The lowest BCUT2D eigenvalue weighted by atomic mass is 10.2. The van der Waals surface area contributed by atoms with Crippen molar-refractivity contribution in [1.82, 2.24) is 19.5 Å². The molecule has 2 heterocycles. The van der Waals surface area contributed by atoms with Crippen molar-refractivity contribution in [1.29, 1.82) is 0 Å². The van der Waals surface area contributed by atoms with Gasteiger partial charge < -0.3 is 19.9 Å². The van der Waals surface area contributed by atoms with Crippen molar-refractivity contribution < 1.29 is 14.2 Å². The summed E-state index contributed by atoms with van der Waals surface area (Å²) in [5.74, 6) is 0.248. The van der Waals surface area contributed by atoms with E-state index in [1.54, 1.807) is 14.2 Å². The number of imidazole rings is 1. The zero-order chi connectivity index (χ0) is 16.9. The number of aromatic nitrogens is 4. The van der Waals surface area contributed by atoms with Crippen LogP contribution in [-0.2, 0) is 11.3 Å². The number of hydrogen-bond donors (Lipinski definition) is 1. The fraction of sp³-hybridized carbons (Fsp3) is 0.312. The number of hydrogen-bond acceptors (Lipinski definition) is 7. The normalized spacial score (nSPS) is 10.9. The van der Waals surface area contributed by atoms with E-state index in [1.807, 2.05) is 34.9 Å². The van der Waals surface area contributed by atoms with Crippen LogP contribution in [0.25, 0.3) is 11.2 Å². The van der Waals surface area contributed by atoms with Crippen LogP contribution in [0, 0.1) is 0 Å². The molecular weight excluding hydrogens is 310 g/mol. The Morgan fingerprint density at radius 3 is 2.54 bits per heavy atom. The van der Waals surface area contributed by atoms with E-state index >= 15 is 0 Å². The SMILES string of the molecule is COCCOc1nc(N)c2nc(OC)n(Cc3ccccc3)c2n1. The largest absolute Gasteiger partial charge is 0.468 e. The predicted molar refractivity (Wildman–Crippen MR) is 89.2 cm³/mol. The minimum absolute atomic E-state index is 0.189. The first kappa shape index (κ1) is 16.0. The van der Waals surface area contributed by atoms with Crippen molar-refractivity contribution in [3.63, 3.8) is 0 Å². The summed E-state index contributed by atoms with van der Waals surface area (Å²) in [5.41, 5.74) is 8.14. The zero-order valence-electron chi connectivity index (χ0n) is 13.6. The van der Waals surface area contributed by atoms with Gasteiger partial charge in [0.25, 0.3) is 6.01 Å². The second kappa shape index (κ2) is 7.14. The predicted octanol–water partition coefficient (Wildman–Crippen LogP) is 1.49. The average Bonchev–Trinajstić information content (AvgIpc) is 2.94. The standard InChI is InChI=1S/C16H19N5O3/c1-22-8-9-24-15-19-13(17)12-14(20-15)21(16(18-12)23-2)10-11-6-4-3-5-7-11/h3-7H,8-10H2,1-2H3,(H2,17,19,20). The number of nitrogens with zero attached hydrogens (tertiary/aromatic N) is 4. The molecule has 0 saturated carbocycles. The van der Waals surface area contributed by atoms with E-state index in [2.05, 4.69) is 15.0 Å². The monoisotopic (exact) mass is 329 g/mol. The second-order valence-electron chi connectivity index (χ2n) is 5.08. The van der Waals surface area contributed by atoms with Crippen molar-refractivity contribution in [3.8, 4) is 12.0 Å². The van der Waals surface area contributed by atoms with Crippen LogP contribution in [0.1, 0.15) is 5.56 Å². The quantitative estimate of drug-likeness (QED) is 0.656. The average molecular weight is 329 g/mol. The highest BCUT2D eigenvalue weighted by Crippen LogP contribution is 2.26. The summed E-state index contributed by atoms with van der Waals surface area (Å²) in [6, 6.07) is 10.6. The zero-order valence-corrected chi connectivity index (χ0v) is 13.6. The Bertz CT molecular complexity index is 819. The fourth-order valence-electron chi connectivity index (χ4n) is 2.33. The molecule has 0 saturated heterocycles. The lowest BCUT2D eigenvalue weighted by Crippen LogP contribution is -2.09. The Hall–Kier alpha value is -2.87. The van der Waals surface area contributed by atoms with Gasteiger partial charge in [-0.25, -0.2) is 0 Å². The van der Waals surface area contributed by atoms with Crippen molar-refractivity contribution in [2.24, 2.45) is 0 Å². The summed E-state index contributed by atoms with van der Waals surface area (Å²) in [6.07, 6.45) is 0. The van der Waals surface area contributed by atoms with Gasteiger partial charge in [-0.1, -0.05) is 30.3 Å². The van der Waals surface area contributed by atoms with Gasteiger partial charge in [0.1, 0.15) is 6.61 Å². The molecule has 0 amide bonds. The van der Waals surface area contributed by atoms with Gasteiger partial charge >= 0.3 is 6.01 Å². The molecule has 3 rings (SSSR count). The minimum atomic E-state index is 0.189. The van der Waals surface area contributed by atoms with E-state index in [-0.39, 0.29) is 11.8 Å². The number of ether oxygens (including phenoxy) is 3. The number of rotatable bonds is 7. The maximum Gasteiger partial charge on any atom is 0.320 e. The molecule has 24 heavy (non-hydrogen) atoms. The minimum Gasteiger partial charge on any atom is -0.468 e. The van der Waals surface area contributed by atoms with E-state index in [4.69, 9.17) is 19.9 Å². The molecule has 1 aromatic carbocycles. The number of nitrogen functional groups attached to an aromatic ring is 1. The highest BCUT2D eigenvalue weighted by Gasteiger charge is 2.18. The maximum absolute atomic E-state index is 6.00. The molecule has 0 atom stereocenters. The third-order valence-corrected chi connectivity index (χ3v) is 3.45. The number of benzene rings is 1. The molecule has 0 radical (unpaired) electrons. The van der Waals surface area contributed by atoms with Gasteiger partial charge in [0.05, 0.1) is 20.3 Å². The number of methoxy groups -OCH3 is 2. The molecule has 0 unspecified atom stereocenters. The van der Waals surface area contributed by atoms with Crippen molar-refractivity contribution in [3.05, 3.63) is 35.9 Å². The van der Waals surface area contributed by atoms with E-state index in [9.17, 15) is 0 Å². The van der Waals surface area contributed by atoms with Gasteiger partial charge in [-0.3, -0.25) is 4.57 Å². The highest BCUT2D eigenvalue weighted by atomic mass is 16.5. The van der Waals surface area contributed by atoms with Crippen LogP contribution in [0.2, 0.25) is 0 Å². The van der Waals surface area contributed by atoms with Crippen LogP contribution in [-0.4, -0.2) is 47.0 Å². The van der Waals surface area contributed by atoms with Crippen LogP contribution < -0.4 is 15.2 Å². The van der Waals surface area contributed by atoms with Crippen molar-refractivity contribution in [2.75, 3.05) is 33.2 Å². The summed E-state index contributed by atoms with van der Waals surface area (Å²) in [7, 11) is 3.16. The first-order valence-electron chi connectivity index (χ1n) is 7.46. The van der Waals surface area contributed by atoms with Gasteiger partial charge in [0, 0.05) is 7.11 Å². The van der Waals surface area contributed by atoms with E-state index in [0.717, 1.165) is 5.56 Å². The maximum atomic E-state index is 6.00. The third-order valence-electron chi connectivity index (χ3n) is 3.45. The molecule has 3 aromatic rings. The second-order valence-corrected chi connectivity index (χ2v) is 5.08. The molecule has 0 bridgehead atoms. The van der Waals surface area contributed by atoms with Crippen LogP contribution in [0.15, 0.2) is 30.3 Å². The topological polar surface area (TPSA) is 97.3 Å². The summed E-state index contributed by atoms with van der Waals surface area (Å²) < 4.78 is 17.6. The summed E-state index contributed by atoms with van der Waals surface area (Å²) >= 11 is 0. The fourth-order valence-corrected chi connectivity index (χ4v) is 2.33. The van der Waals surface area contributed by atoms with Crippen LogP contribution in [0.3, 0.4) is 0 Å². The van der Waals surface area contributed by atoms with E-state index in [1.165, 1.54) is 0 Å². The first-order chi connectivity index (χ1) is 11.7. The Balaban J connectivity index is 2.01. The molecular formula is C16H19N5O3. The first-order valence-corrected chi connectivity index (χ1v) is 7.46. The van der Waals surface area contributed by atoms with Gasteiger partial charge in [0.2, 0.25) is 0 Å². The smallest absolute Gasteiger partial charge is 0.320 e. The third kappa shape index (κ3) is 3.23. The number of anilines is 1. The Morgan fingerprint density at radius 2 is 1.83 bits per heavy atom. The molecule has 2 N–H and O–H groups in total. The molecule has 0 fully saturated rings. The molecule has 0 aliphatic heterocycles. The molecule has 0 spiro atoms. The summed E-state index contributed by atoms with van der Waals surface area (Å²) in [6.45, 7) is 1.33. The lowest BCUT2D eigenvalue weighted by molar-refractivity contribution is 0.141. The van der Waals surface area contributed by atoms with Crippen molar-refractivity contribution in [2.45, 2.75) is 6.54 Å². The number of fused-ring (bicyclic) bond motifs is 1. The van der Waals surface area contributed by atoms with Crippen LogP contribution >= 0.6 is 0 Å². The van der Waals surface area contributed by atoms with Gasteiger partial charge in [-0.15, -0.1) is 0 Å². The molecule has 8 heteroatoms. The highest BCUT2D eigenvalue weighted by molar-refractivity contribution is 5.83. The Labute approximate surface area is 139 Å².